The third-order valence-corrected chi connectivity index (χ3v) is 4.22. The summed E-state index contributed by atoms with van der Waals surface area (Å²) < 4.78 is 5.86. The number of benzene rings is 2. The predicted molar refractivity (Wildman–Crippen MR) is 82.8 cm³/mol. The molecule has 0 saturated carbocycles. The van der Waals surface area contributed by atoms with E-state index >= 15 is 0 Å². The van der Waals surface area contributed by atoms with Gasteiger partial charge in [0.05, 0.1) is 6.54 Å². The molecule has 21 heavy (non-hydrogen) atoms. The Morgan fingerprint density at radius 3 is 2.71 bits per heavy atom. The van der Waals surface area contributed by atoms with Crippen LogP contribution in [-0.2, 0) is 6.54 Å². The molecule has 0 N–H and O–H groups in total. The largest absolute Gasteiger partial charge is 0.439 e. The van der Waals surface area contributed by atoms with Crippen LogP contribution < -0.4 is 0 Å². The summed E-state index contributed by atoms with van der Waals surface area (Å²) in [7, 11) is 0. The highest BCUT2D eigenvalue weighted by Gasteiger charge is 2.27. The maximum absolute atomic E-state index is 5.86. The van der Waals surface area contributed by atoms with Crippen molar-refractivity contribution in [2.75, 3.05) is 6.54 Å². The Bertz CT molecular complexity index is 702. The highest BCUT2D eigenvalue weighted by molar-refractivity contribution is 5.72. The van der Waals surface area contributed by atoms with Gasteiger partial charge < -0.3 is 4.42 Å². The molecule has 1 aromatic heterocycles. The minimum Gasteiger partial charge on any atom is -0.439 e. The van der Waals surface area contributed by atoms with E-state index in [0.717, 1.165) is 30.1 Å². The summed E-state index contributed by atoms with van der Waals surface area (Å²) in [5.41, 5.74) is 3.22. The second-order valence-electron chi connectivity index (χ2n) is 5.61. The molecule has 2 heterocycles. The quantitative estimate of drug-likeness (QED) is 0.720. The Morgan fingerprint density at radius 1 is 1.05 bits per heavy atom. The number of para-hydroxylation sites is 2. The molecule has 106 valence electrons. The van der Waals surface area contributed by atoms with Gasteiger partial charge >= 0.3 is 0 Å². The van der Waals surface area contributed by atoms with Gasteiger partial charge in [-0.1, -0.05) is 42.5 Å². The third kappa shape index (κ3) is 2.45. The highest BCUT2D eigenvalue weighted by atomic mass is 16.3. The molecule has 0 aliphatic carbocycles. The minimum atomic E-state index is 0.487. The van der Waals surface area contributed by atoms with Crippen LogP contribution in [0.5, 0.6) is 0 Å². The number of rotatable bonds is 3. The van der Waals surface area contributed by atoms with Gasteiger partial charge in [-0.3, -0.25) is 4.90 Å². The lowest BCUT2D eigenvalue weighted by Gasteiger charge is -2.23. The first kappa shape index (κ1) is 12.6. The molecule has 0 bridgehead atoms. The molecule has 1 atom stereocenters. The van der Waals surface area contributed by atoms with Crippen molar-refractivity contribution in [3.63, 3.8) is 0 Å². The van der Waals surface area contributed by atoms with Crippen molar-refractivity contribution < 1.29 is 4.42 Å². The van der Waals surface area contributed by atoms with Gasteiger partial charge in [0.15, 0.2) is 5.58 Å². The zero-order valence-corrected chi connectivity index (χ0v) is 11.9. The molecule has 1 saturated heterocycles. The molecule has 4 rings (SSSR count). The fourth-order valence-electron chi connectivity index (χ4n) is 3.23. The van der Waals surface area contributed by atoms with Crippen molar-refractivity contribution in [1.82, 2.24) is 9.88 Å². The van der Waals surface area contributed by atoms with E-state index in [1.165, 1.54) is 18.4 Å². The molecule has 3 nitrogen and oxygen atoms in total. The molecule has 3 aromatic rings. The average Bonchev–Trinajstić information content (AvgIpc) is 3.14. The predicted octanol–water partition coefficient (Wildman–Crippen LogP) is 4.16. The Hall–Kier alpha value is -2.13. The van der Waals surface area contributed by atoms with E-state index < -0.39 is 0 Å². The van der Waals surface area contributed by atoms with Crippen molar-refractivity contribution in [2.24, 2.45) is 0 Å². The van der Waals surface area contributed by atoms with Crippen molar-refractivity contribution in [3.8, 4) is 0 Å². The van der Waals surface area contributed by atoms with E-state index in [1.54, 1.807) is 0 Å². The van der Waals surface area contributed by atoms with Crippen LogP contribution in [0.2, 0.25) is 0 Å². The Balaban J connectivity index is 1.58. The van der Waals surface area contributed by atoms with Crippen molar-refractivity contribution in [1.29, 1.82) is 0 Å². The summed E-state index contributed by atoms with van der Waals surface area (Å²) >= 11 is 0. The van der Waals surface area contributed by atoms with Crippen LogP contribution in [0.4, 0.5) is 0 Å². The standard InChI is InChI=1S/C18H18N2O/c1-2-7-14(8-3-1)16-10-6-12-20(16)13-18-19-15-9-4-5-11-17(15)21-18/h1-5,7-9,11,16H,6,10,12-13H2. The summed E-state index contributed by atoms with van der Waals surface area (Å²) in [6.07, 6.45) is 2.45. The normalized spacial score (nSPS) is 19.3. The number of hydrogen-bond donors (Lipinski definition) is 0. The first-order valence-electron chi connectivity index (χ1n) is 7.53. The topological polar surface area (TPSA) is 29.3 Å². The summed E-state index contributed by atoms with van der Waals surface area (Å²) in [5, 5.41) is 0. The van der Waals surface area contributed by atoms with E-state index in [9.17, 15) is 0 Å². The molecule has 1 aliphatic heterocycles. The van der Waals surface area contributed by atoms with Gasteiger partial charge in [-0.15, -0.1) is 0 Å². The van der Waals surface area contributed by atoms with Crippen molar-refractivity contribution >= 4 is 11.1 Å². The van der Waals surface area contributed by atoms with Crippen molar-refractivity contribution in [3.05, 3.63) is 66.1 Å². The van der Waals surface area contributed by atoms with Crippen LogP contribution in [0.15, 0.2) is 59.0 Å². The van der Waals surface area contributed by atoms with Crippen LogP contribution >= 0.6 is 0 Å². The van der Waals surface area contributed by atoms with Gasteiger partial charge in [0.2, 0.25) is 5.89 Å². The molecule has 1 aliphatic rings. The van der Waals surface area contributed by atoms with Crippen LogP contribution in [0, 0.1) is 0 Å². The first-order chi connectivity index (χ1) is 10.4. The first-order valence-corrected chi connectivity index (χ1v) is 7.53. The Morgan fingerprint density at radius 2 is 1.86 bits per heavy atom. The average molecular weight is 278 g/mol. The second kappa shape index (κ2) is 5.34. The van der Waals surface area contributed by atoms with Crippen LogP contribution in [-0.4, -0.2) is 16.4 Å². The SMILES string of the molecule is c1ccc(C2CCCN2Cc2nc3ccccc3o2)cc1. The molecule has 0 amide bonds. The lowest BCUT2D eigenvalue weighted by atomic mass is 10.0. The lowest BCUT2D eigenvalue weighted by molar-refractivity contribution is 0.226. The van der Waals surface area contributed by atoms with E-state index in [0.29, 0.717) is 6.04 Å². The van der Waals surface area contributed by atoms with Crippen molar-refractivity contribution in [2.45, 2.75) is 25.4 Å². The minimum absolute atomic E-state index is 0.487. The van der Waals surface area contributed by atoms with Gasteiger partial charge in [0.1, 0.15) is 5.52 Å². The van der Waals surface area contributed by atoms with E-state index in [2.05, 4.69) is 40.2 Å². The fraction of sp³-hybridized carbons (Fsp3) is 0.278. The van der Waals surface area contributed by atoms with Crippen LogP contribution in [0.25, 0.3) is 11.1 Å². The van der Waals surface area contributed by atoms with Crippen LogP contribution in [0.1, 0.15) is 30.3 Å². The summed E-state index contributed by atoms with van der Waals surface area (Å²) in [5.74, 6) is 0.819. The van der Waals surface area contributed by atoms with E-state index in [-0.39, 0.29) is 0 Å². The summed E-state index contributed by atoms with van der Waals surface area (Å²) in [6.45, 7) is 1.90. The number of nitrogens with zero attached hydrogens (tertiary/aromatic N) is 2. The van der Waals surface area contributed by atoms with Gasteiger partial charge in [0.25, 0.3) is 0 Å². The van der Waals surface area contributed by atoms with Gasteiger partial charge in [-0.25, -0.2) is 4.98 Å². The molecule has 1 unspecified atom stereocenters. The maximum atomic E-state index is 5.86. The summed E-state index contributed by atoms with van der Waals surface area (Å²) in [6, 6.07) is 19.2. The molecule has 3 heteroatoms. The number of aromatic nitrogens is 1. The van der Waals surface area contributed by atoms with E-state index in [4.69, 9.17) is 4.42 Å². The summed E-state index contributed by atoms with van der Waals surface area (Å²) in [4.78, 5) is 7.07. The van der Waals surface area contributed by atoms with Crippen LogP contribution in [0.3, 0.4) is 0 Å². The van der Waals surface area contributed by atoms with Gasteiger partial charge in [-0.05, 0) is 37.1 Å². The molecule has 0 spiro atoms. The Kier molecular flexibility index (Phi) is 3.20. The molecular formula is C18H18N2O. The van der Waals surface area contributed by atoms with Gasteiger partial charge in [-0.2, -0.15) is 0 Å². The highest BCUT2D eigenvalue weighted by Crippen LogP contribution is 2.33. The molecule has 2 aromatic carbocycles. The lowest BCUT2D eigenvalue weighted by Crippen LogP contribution is -2.22. The second-order valence-corrected chi connectivity index (χ2v) is 5.61. The zero-order chi connectivity index (χ0) is 14.1. The number of oxazole rings is 1. The molecular weight excluding hydrogens is 260 g/mol. The molecule has 1 fully saturated rings. The van der Waals surface area contributed by atoms with Gasteiger partial charge in [0, 0.05) is 6.04 Å². The fourth-order valence-corrected chi connectivity index (χ4v) is 3.23. The van der Waals surface area contributed by atoms with E-state index in [1.807, 2.05) is 24.3 Å². The number of hydrogen-bond acceptors (Lipinski definition) is 3. The maximum Gasteiger partial charge on any atom is 0.209 e. The zero-order valence-electron chi connectivity index (χ0n) is 11.9. The molecule has 0 radical (unpaired) electrons. The Labute approximate surface area is 124 Å². The number of likely N-dealkylation sites (tertiary alicyclic amines) is 1. The smallest absolute Gasteiger partial charge is 0.209 e. The number of fused-ring (bicyclic) bond motifs is 1. The third-order valence-electron chi connectivity index (χ3n) is 4.22. The monoisotopic (exact) mass is 278 g/mol.